The first kappa shape index (κ1) is 14.8. The zero-order chi connectivity index (χ0) is 15.9. The zero-order valence-electron chi connectivity index (χ0n) is 11.5. The Bertz CT molecular complexity index is 870. The Hall–Kier alpha value is -2.11. The minimum atomic E-state index is -0.884. The van der Waals surface area contributed by atoms with E-state index in [1.54, 1.807) is 6.07 Å². The third kappa shape index (κ3) is 2.53. The van der Waals surface area contributed by atoms with Gasteiger partial charge in [0.2, 0.25) is 5.28 Å². The molecule has 112 valence electrons. The van der Waals surface area contributed by atoms with Crippen LogP contribution in [0.15, 0.2) is 30.3 Å². The Morgan fingerprint density at radius 2 is 2.00 bits per heavy atom. The molecule has 0 aliphatic rings. The van der Waals surface area contributed by atoms with Crippen LogP contribution < -0.4 is 0 Å². The van der Waals surface area contributed by atoms with Gasteiger partial charge < -0.3 is 5.11 Å². The standard InChI is InChI=1S/C15H11Cl2N3O2/c1-8-10(6-14(21)22)9-4-2-3-5-11(9)20(8)13-7-12(16)18-15(17)19-13/h2-5,7H,6H2,1H3,(H,21,22). The molecular weight excluding hydrogens is 325 g/mol. The predicted molar refractivity (Wildman–Crippen MR) is 85.0 cm³/mol. The number of hydrogen-bond acceptors (Lipinski definition) is 3. The summed E-state index contributed by atoms with van der Waals surface area (Å²) in [6, 6.07) is 9.14. The van der Waals surface area contributed by atoms with Crippen molar-refractivity contribution in [2.45, 2.75) is 13.3 Å². The molecule has 0 amide bonds. The van der Waals surface area contributed by atoms with Crippen molar-refractivity contribution >= 4 is 40.1 Å². The molecule has 22 heavy (non-hydrogen) atoms. The summed E-state index contributed by atoms with van der Waals surface area (Å²) in [5, 5.41) is 10.3. The summed E-state index contributed by atoms with van der Waals surface area (Å²) in [4.78, 5) is 19.2. The topological polar surface area (TPSA) is 68.0 Å². The smallest absolute Gasteiger partial charge is 0.307 e. The first-order chi connectivity index (χ1) is 10.5. The number of carboxylic acids is 1. The van der Waals surface area contributed by atoms with E-state index >= 15 is 0 Å². The predicted octanol–water partition coefficient (Wildman–Crippen LogP) is 3.66. The van der Waals surface area contributed by atoms with E-state index in [-0.39, 0.29) is 16.9 Å². The number of halogens is 2. The number of fused-ring (bicyclic) bond motifs is 1. The maximum atomic E-state index is 11.1. The van der Waals surface area contributed by atoms with Crippen LogP contribution in [0.25, 0.3) is 16.7 Å². The van der Waals surface area contributed by atoms with E-state index in [4.69, 9.17) is 28.3 Å². The van der Waals surface area contributed by atoms with Crippen molar-refractivity contribution in [1.82, 2.24) is 14.5 Å². The number of hydrogen-bond donors (Lipinski definition) is 1. The van der Waals surface area contributed by atoms with Gasteiger partial charge in [-0.25, -0.2) is 4.98 Å². The quantitative estimate of drug-likeness (QED) is 0.585. The van der Waals surface area contributed by atoms with Crippen molar-refractivity contribution in [3.8, 4) is 5.82 Å². The Morgan fingerprint density at radius 3 is 2.68 bits per heavy atom. The molecule has 0 aliphatic heterocycles. The van der Waals surface area contributed by atoms with E-state index < -0.39 is 5.97 Å². The molecule has 3 aromatic rings. The van der Waals surface area contributed by atoms with Crippen LogP contribution in [0.4, 0.5) is 0 Å². The van der Waals surface area contributed by atoms with Crippen LogP contribution in [0.2, 0.25) is 10.4 Å². The molecule has 0 bridgehead atoms. The fraction of sp³-hybridized carbons (Fsp3) is 0.133. The highest BCUT2D eigenvalue weighted by Gasteiger charge is 2.18. The monoisotopic (exact) mass is 335 g/mol. The van der Waals surface area contributed by atoms with Crippen molar-refractivity contribution in [1.29, 1.82) is 0 Å². The third-order valence-electron chi connectivity index (χ3n) is 3.45. The van der Waals surface area contributed by atoms with Gasteiger partial charge in [0.05, 0.1) is 11.9 Å². The molecule has 0 atom stereocenters. The molecule has 0 unspecified atom stereocenters. The van der Waals surface area contributed by atoms with Crippen molar-refractivity contribution in [3.05, 3.63) is 52.0 Å². The van der Waals surface area contributed by atoms with Crippen LogP contribution in [0.3, 0.4) is 0 Å². The molecule has 2 heterocycles. The van der Waals surface area contributed by atoms with Crippen LogP contribution in [-0.4, -0.2) is 25.6 Å². The minimum absolute atomic E-state index is 0.0412. The van der Waals surface area contributed by atoms with Crippen LogP contribution in [0, 0.1) is 6.92 Å². The molecule has 0 saturated heterocycles. The van der Waals surface area contributed by atoms with E-state index in [0.29, 0.717) is 5.82 Å². The first-order valence-electron chi connectivity index (χ1n) is 6.48. The van der Waals surface area contributed by atoms with Crippen molar-refractivity contribution in [2.75, 3.05) is 0 Å². The number of para-hydroxylation sites is 1. The normalized spacial score (nSPS) is 11.0. The maximum absolute atomic E-state index is 11.1. The van der Waals surface area contributed by atoms with Crippen LogP contribution in [0.1, 0.15) is 11.3 Å². The molecule has 3 rings (SSSR count). The minimum Gasteiger partial charge on any atom is -0.481 e. The van der Waals surface area contributed by atoms with Crippen molar-refractivity contribution < 1.29 is 9.90 Å². The summed E-state index contributed by atoms with van der Waals surface area (Å²) in [5.74, 6) is -0.375. The SMILES string of the molecule is Cc1c(CC(=O)O)c2ccccc2n1-c1cc(Cl)nc(Cl)n1. The summed E-state index contributed by atoms with van der Waals surface area (Å²) < 4.78 is 1.84. The van der Waals surface area contributed by atoms with Crippen LogP contribution in [-0.2, 0) is 11.2 Å². The number of benzene rings is 1. The average molecular weight is 336 g/mol. The number of aliphatic carboxylic acids is 1. The lowest BCUT2D eigenvalue weighted by Gasteiger charge is -2.08. The Kier molecular flexibility index (Phi) is 3.76. The molecule has 2 aromatic heterocycles. The summed E-state index contributed by atoms with van der Waals surface area (Å²) in [6.07, 6.45) is -0.0636. The second-order valence-electron chi connectivity index (χ2n) is 4.80. The van der Waals surface area contributed by atoms with E-state index in [1.165, 1.54) is 0 Å². The molecule has 5 nitrogen and oxygen atoms in total. The average Bonchev–Trinajstić information content (AvgIpc) is 2.70. The van der Waals surface area contributed by atoms with Crippen LogP contribution >= 0.6 is 23.2 Å². The second-order valence-corrected chi connectivity index (χ2v) is 5.53. The highest BCUT2D eigenvalue weighted by atomic mass is 35.5. The fourth-order valence-electron chi connectivity index (χ4n) is 2.60. The van der Waals surface area contributed by atoms with Crippen LogP contribution in [0.5, 0.6) is 0 Å². The Labute approximate surface area is 136 Å². The van der Waals surface area contributed by atoms with Crippen molar-refractivity contribution in [2.24, 2.45) is 0 Å². The second kappa shape index (κ2) is 5.59. The molecule has 0 saturated carbocycles. The lowest BCUT2D eigenvalue weighted by atomic mass is 10.1. The Balaban J connectivity index is 2.34. The number of nitrogens with zero attached hydrogens (tertiary/aromatic N) is 3. The van der Waals surface area contributed by atoms with E-state index in [2.05, 4.69) is 9.97 Å². The summed E-state index contributed by atoms with van der Waals surface area (Å²) in [5.41, 5.74) is 2.38. The number of aromatic nitrogens is 3. The molecule has 0 fully saturated rings. The molecule has 0 spiro atoms. The van der Waals surface area contributed by atoms with Gasteiger partial charge in [-0.2, -0.15) is 4.98 Å². The van der Waals surface area contributed by atoms with Gasteiger partial charge >= 0.3 is 5.97 Å². The first-order valence-corrected chi connectivity index (χ1v) is 7.24. The molecule has 1 aromatic carbocycles. The van der Waals surface area contributed by atoms with Gasteiger partial charge in [0.1, 0.15) is 11.0 Å². The molecule has 1 N–H and O–H groups in total. The fourth-order valence-corrected chi connectivity index (χ4v) is 3.00. The highest BCUT2D eigenvalue weighted by molar-refractivity contribution is 6.31. The van der Waals surface area contributed by atoms with Gasteiger partial charge in [0.15, 0.2) is 0 Å². The lowest BCUT2D eigenvalue weighted by molar-refractivity contribution is -0.136. The molecule has 0 radical (unpaired) electrons. The van der Waals surface area contributed by atoms with E-state index in [1.807, 2.05) is 35.8 Å². The number of carbonyl (C=O) groups is 1. The largest absolute Gasteiger partial charge is 0.481 e. The molecule has 7 heteroatoms. The van der Waals surface area contributed by atoms with E-state index in [9.17, 15) is 4.79 Å². The van der Waals surface area contributed by atoms with Gasteiger partial charge in [-0.1, -0.05) is 29.8 Å². The summed E-state index contributed by atoms with van der Waals surface area (Å²) in [6.45, 7) is 1.85. The van der Waals surface area contributed by atoms with Gasteiger partial charge in [0.25, 0.3) is 0 Å². The van der Waals surface area contributed by atoms with E-state index in [0.717, 1.165) is 22.2 Å². The molecule has 0 aliphatic carbocycles. The van der Waals surface area contributed by atoms with Gasteiger partial charge in [-0.15, -0.1) is 0 Å². The molecular formula is C15H11Cl2N3O2. The van der Waals surface area contributed by atoms with Gasteiger partial charge in [-0.05, 0) is 30.2 Å². The third-order valence-corrected chi connectivity index (χ3v) is 3.82. The van der Waals surface area contributed by atoms with Crippen molar-refractivity contribution in [3.63, 3.8) is 0 Å². The summed E-state index contributed by atoms with van der Waals surface area (Å²) in [7, 11) is 0. The number of carboxylic acid groups (broad SMARTS) is 1. The summed E-state index contributed by atoms with van der Waals surface area (Å²) >= 11 is 11.8. The maximum Gasteiger partial charge on any atom is 0.307 e. The Morgan fingerprint density at radius 1 is 1.27 bits per heavy atom. The zero-order valence-corrected chi connectivity index (χ0v) is 13.1. The lowest BCUT2D eigenvalue weighted by Crippen LogP contribution is -2.04. The number of rotatable bonds is 3. The van der Waals surface area contributed by atoms with Gasteiger partial charge in [-0.3, -0.25) is 9.36 Å². The van der Waals surface area contributed by atoms with Gasteiger partial charge in [0, 0.05) is 17.1 Å². The highest BCUT2D eigenvalue weighted by Crippen LogP contribution is 2.29.